The molecule has 0 atom stereocenters. The minimum atomic E-state index is -0.409. The number of carbonyl (C=O) groups is 2. The second-order valence-electron chi connectivity index (χ2n) is 14.5. The molecule has 252 valence electrons. The first-order valence-corrected chi connectivity index (χ1v) is 18.1. The molecule has 2 N–H and O–H groups in total. The summed E-state index contributed by atoms with van der Waals surface area (Å²) >= 11 is 6.89. The number of benzene rings is 2. The van der Waals surface area contributed by atoms with Gasteiger partial charge >= 0.3 is 12.2 Å². The molecular weight excluding hydrogens is 716 g/mol. The molecule has 2 aliphatic heterocycles. The molecule has 2 aromatic carbocycles. The number of aliphatic hydroxyl groups excluding tert-OH is 2. The van der Waals surface area contributed by atoms with Crippen LogP contribution in [0.4, 0.5) is 9.59 Å². The van der Waals surface area contributed by atoms with E-state index in [9.17, 15) is 19.8 Å². The maximum atomic E-state index is 12.7. The Morgan fingerprint density at radius 2 is 0.913 bits per heavy atom. The van der Waals surface area contributed by atoms with Crippen molar-refractivity contribution in [3.8, 4) is 0 Å². The smallest absolute Gasteiger partial charge is 0.411 e. The van der Waals surface area contributed by atoms with E-state index in [0.29, 0.717) is 13.1 Å². The van der Waals surface area contributed by atoms with Crippen molar-refractivity contribution >= 4 is 44.0 Å². The molecule has 0 unspecified atom stereocenters. The number of carbonyl (C=O) groups excluding carboxylic acids is 2. The van der Waals surface area contributed by atoms with E-state index in [1.54, 1.807) is 0 Å². The van der Waals surface area contributed by atoms with Crippen LogP contribution >= 0.6 is 31.9 Å². The fraction of sp³-hybridized carbons (Fsp3) is 0.611. The van der Waals surface area contributed by atoms with Crippen LogP contribution in [-0.4, -0.2) is 68.7 Å². The molecule has 0 radical (unpaired) electrons. The van der Waals surface area contributed by atoms with Crippen LogP contribution in [-0.2, 0) is 20.6 Å². The number of hydrogen-bond acceptors (Lipinski definition) is 6. The van der Waals surface area contributed by atoms with Crippen molar-refractivity contribution in [1.29, 1.82) is 0 Å². The number of nitrogens with zero attached hydrogens (tertiary/aromatic N) is 2. The highest BCUT2D eigenvalue weighted by Crippen LogP contribution is 2.43. The molecule has 0 bridgehead atoms. The lowest BCUT2D eigenvalue weighted by Gasteiger charge is -2.48. The third-order valence-electron chi connectivity index (χ3n) is 10.8. The quantitative estimate of drug-likeness (QED) is 0.325. The second kappa shape index (κ2) is 13.8. The molecule has 2 heterocycles. The first kappa shape index (κ1) is 35.2. The predicted octanol–water partition coefficient (Wildman–Crippen LogP) is 8.40. The number of ether oxygens (including phenoxy) is 2. The Bertz CT molecular complexity index is 1260. The Hall–Kier alpha value is -2.14. The summed E-state index contributed by atoms with van der Waals surface area (Å²) in [4.78, 5) is 29.0. The molecule has 6 rings (SSSR count). The monoisotopic (exact) mass is 762 g/mol. The van der Waals surface area contributed by atoms with E-state index < -0.39 is 11.1 Å². The van der Waals surface area contributed by atoms with Gasteiger partial charge in [-0.05, 0) is 114 Å². The lowest BCUT2D eigenvalue weighted by molar-refractivity contribution is -0.100. The Balaban J connectivity index is 0.000000181. The number of rotatable bonds is 4. The Kier molecular flexibility index (Phi) is 10.5. The molecule has 0 aromatic heterocycles. The van der Waals surface area contributed by atoms with Crippen molar-refractivity contribution in [2.45, 2.75) is 126 Å². The second-order valence-corrected chi connectivity index (χ2v) is 16.3. The largest absolute Gasteiger partial charge is 0.443 e. The molecule has 2 aliphatic carbocycles. The molecule has 2 spiro atoms. The predicted molar refractivity (Wildman–Crippen MR) is 184 cm³/mol. The van der Waals surface area contributed by atoms with Gasteiger partial charge in [-0.2, -0.15) is 0 Å². The molecule has 10 heteroatoms. The normalized spacial score (nSPS) is 28.8. The number of halogens is 2. The van der Waals surface area contributed by atoms with E-state index in [0.717, 1.165) is 84.3 Å². The molecule has 46 heavy (non-hydrogen) atoms. The van der Waals surface area contributed by atoms with Crippen LogP contribution in [0.25, 0.3) is 0 Å². The van der Waals surface area contributed by atoms with E-state index in [4.69, 9.17) is 9.47 Å². The summed E-state index contributed by atoms with van der Waals surface area (Å²) < 4.78 is 13.8. The zero-order valence-corrected chi connectivity index (χ0v) is 30.6. The van der Waals surface area contributed by atoms with Gasteiger partial charge in [0.05, 0.1) is 23.3 Å². The van der Waals surface area contributed by atoms with Crippen molar-refractivity contribution < 1.29 is 29.3 Å². The van der Waals surface area contributed by atoms with Gasteiger partial charge in [0.15, 0.2) is 0 Å². The van der Waals surface area contributed by atoms with Gasteiger partial charge in [0, 0.05) is 34.9 Å². The van der Waals surface area contributed by atoms with Crippen LogP contribution in [0.15, 0.2) is 57.5 Å². The summed E-state index contributed by atoms with van der Waals surface area (Å²) in [5.41, 5.74) is 0.646. The third kappa shape index (κ3) is 7.61. The lowest BCUT2D eigenvalue weighted by Crippen LogP contribution is -2.56. The molecule has 2 aromatic rings. The van der Waals surface area contributed by atoms with Crippen LogP contribution in [0.5, 0.6) is 0 Å². The molecule has 4 aliphatic rings. The summed E-state index contributed by atoms with van der Waals surface area (Å²) in [7, 11) is 0. The van der Waals surface area contributed by atoms with Gasteiger partial charge in [-0.1, -0.05) is 56.1 Å². The standard InChI is InChI=1S/2C18H24BrNO3/c2*1-17(2,13-3-5-14(19)6-4-13)20-12-11-18(23-16(20)22)9-7-15(21)8-10-18/h2*3-6,15,21H,7-12H2,1-2H3. The van der Waals surface area contributed by atoms with Gasteiger partial charge in [0.1, 0.15) is 11.2 Å². The Labute approximate surface area is 290 Å². The highest BCUT2D eigenvalue weighted by molar-refractivity contribution is 9.10. The molecule has 2 saturated carbocycles. The zero-order valence-electron chi connectivity index (χ0n) is 27.4. The fourth-order valence-electron chi connectivity index (χ4n) is 7.40. The van der Waals surface area contributed by atoms with Crippen molar-refractivity contribution in [3.05, 3.63) is 68.6 Å². The van der Waals surface area contributed by atoms with Gasteiger partial charge in [0.2, 0.25) is 0 Å². The minimum absolute atomic E-state index is 0.236. The first-order valence-electron chi connectivity index (χ1n) is 16.5. The van der Waals surface area contributed by atoms with E-state index in [2.05, 4.69) is 59.6 Å². The van der Waals surface area contributed by atoms with Crippen molar-refractivity contribution in [3.63, 3.8) is 0 Å². The number of aliphatic hydroxyl groups is 2. The van der Waals surface area contributed by atoms with Crippen LogP contribution in [0.3, 0.4) is 0 Å². The summed E-state index contributed by atoms with van der Waals surface area (Å²) in [6, 6.07) is 16.1. The average molecular weight is 765 g/mol. The molecule has 2 amide bonds. The van der Waals surface area contributed by atoms with Gasteiger partial charge in [-0.25, -0.2) is 9.59 Å². The van der Waals surface area contributed by atoms with Crippen LogP contribution in [0.1, 0.15) is 103 Å². The van der Waals surface area contributed by atoms with Gasteiger partial charge in [-0.3, -0.25) is 9.80 Å². The topological polar surface area (TPSA) is 99.5 Å². The number of amides is 2. The first-order chi connectivity index (χ1) is 21.6. The highest BCUT2D eigenvalue weighted by atomic mass is 79.9. The third-order valence-corrected chi connectivity index (χ3v) is 11.9. The summed E-state index contributed by atoms with van der Waals surface area (Å²) in [6.07, 6.45) is 6.71. The minimum Gasteiger partial charge on any atom is -0.443 e. The maximum Gasteiger partial charge on any atom is 0.411 e. The Morgan fingerprint density at radius 3 is 1.20 bits per heavy atom. The van der Waals surface area contributed by atoms with E-state index in [1.165, 1.54) is 0 Å². The van der Waals surface area contributed by atoms with E-state index >= 15 is 0 Å². The average Bonchev–Trinajstić information content (AvgIpc) is 3.01. The fourth-order valence-corrected chi connectivity index (χ4v) is 7.93. The van der Waals surface area contributed by atoms with Crippen molar-refractivity contribution in [2.24, 2.45) is 0 Å². The molecule has 8 nitrogen and oxygen atoms in total. The van der Waals surface area contributed by atoms with Crippen molar-refractivity contribution in [2.75, 3.05) is 13.1 Å². The molecule has 4 fully saturated rings. The Morgan fingerprint density at radius 1 is 0.609 bits per heavy atom. The SMILES string of the molecule is CC(C)(c1ccc(Br)cc1)N1CCC2(CCC(O)CC2)OC1=O.CC(C)(c1ccc(Br)cc1)N1CCC2(CCC(O)CC2)OC1=O. The molecular formula is C36H48Br2N2O6. The number of hydrogen-bond donors (Lipinski definition) is 2. The van der Waals surface area contributed by atoms with E-state index in [-0.39, 0.29) is 35.6 Å². The van der Waals surface area contributed by atoms with Crippen LogP contribution in [0.2, 0.25) is 0 Å². The molecule has 2 saturated heterocycles. The highest BCUT2D eigenvalue weighted by Gasteiger charge is 2.48. The zero-order chi connectivity index (χ0) is 33.3. The van der Waals surface area contributed by atoms with Gasteiger partial charge in [0.25, 0.3) is 0 Å². The van der Waals surface area contributed by atoms with Crippen LogP contribution in [0, 0.1) is 0 Å². The van der Waals surface area contributed by atoms with E-state index in [1.807, 2.05) is 58.3 Å². The van der Waals surface area contributed by atoms with Gasteiger partial charge < -0.3 is 19.7 Å². The summed E-state index contributed by atoms with van der Waals surface area (Å²) in [5, 5.41) is 19.4. The van der Waals surface area contributed by atoms with Crippen LogP contribution < -0.4 is 0 Å². The summed E-state index contributed by atoms with van der Waals surface area (Å²) in [5.74, 6) is 0. The van der Waals surface area contributed by atoms with Gasteiger partial charge in [-0.15, -0.1) is 0 Å². The summed E-state index contributed by atoms with van der Waals surface area (Å²) in [6.45, 7) is 9.61. The van der Waals surface area contributed by atoms with Crippen molar-refractivity contribution in [1.82, 2.24) is 9.80 Å². The lowest BCUT2D eigenvalue weighted by atomic mass is 9.79. The maximum absolute atomic E-state index is 12.7.